The Hall–Kier alpha value is -2.04. The highest BCUT2D eigenvalue weighted by Crippen LogP contribution is 2.49. The summed E-state index contributed by atoms with van der Waals surface area (Å²) in [4.78, 5) is 25.2. The van der Waals surface area contributed by atoms with Crippen LogP contribution in [0.5, 0.6) is 5.75 Å². The number of amides is 1. The quantitative estimate of drug-likeness (QED) is 0.891. The predicted octanol–water partition coefficient (Wildman–Crippen LogP) is 2.25. The van der Waals surface area contributed by atoms with Gasteiger partial charge in [-0.05, 0) is 55.4 Å². The van der Waals surface area contributed by atoms with Crippen LogP contribution in [0.3, 0.4) is 0 Å². The van der Waals surface area contributed by atoms with Crippen LogP contribution in [0.4, 0.5) is 5.69 Å². The van der Waals surface area contributed by atoms with E-state index in [4.69, 9.17) is 5.11 Å². The molecule has 2 saturated carbocycles. The SMILES string of the molecule is O=C(O)CN(C(=O)C1CC2CCC1C2)c1ccc(O)cc1. The number of rotatable bonds is 4. The summed E-state index contributed by atoms with van der Waals surface area (Å²) in [6.45, 7) is -0.336. The number of hydrogen-bond acceptors (Lipinski definition) is 3. The first-order valence-electron chi connectivity index (χ1n) is 7.37. The highest BCUT2D eigenvalue weighted by molar-refractivity contribution is 5.99. The molecule has 5 nitrogen and oxygen atoms in total. The Morgan fingerprint density at radius 2 is 1.86 bits per heavy atom. The van der Waals surface area contributed by atoms with Gasteiger partial charge in [0.2, 0.25) is 5.91 Å². The van der Waals surface area contributed by atoms with Gasteiger partial charge in [0.1, 0.15) is 12.3 Å². The number of aliphatic carboxylic acids is 1. The van der Waals surface area contributed by atoms with Crippen LogP contribution in [0, 0.1) is 17.8 Å². The number of nitrogens with zero attached hydrogens (tertiary/aromatic N) is 1. The van der Waals surface area contributed by atoms with Gasteiger partial charge in [0.15, 0.2) is 0 Å². The van der Waals surface area contributed by atoms with Crippen molar-refractivity contribution in [3.8, 4) is 5.75 Å². The van der Waals surface area contributed by atoms with Crippen LogP contribution in [-0.4, -0.2) is 28.6 Å². The van der Waals surface area contributed by atoms with Gasteiger partial charge in [0, 0.05) is 11.6 Å². The van der Waals surface area contributed by atoms with Crippen LogP contribution in [-0.2, 0) is 9.59 Å². The molecule has 5 heteroatoms. The smallest absolute Gasteiger partial charge is 0.323 e. The first kappa shape index (κ1) is 13.9. The average Bonchev–Trinajstić information content (AvgIpc) is 3.07. The molecule has 0 aliphatic heterocycles. The molecule has 1 amide bonds. The second-order valence-electron chi connectivity index (χ2n) is 6.12. The molecule has 2 aliphatic rings. The van der Waals surface area contributed by atoms with Crippen LogP contribution < -0.4 is 4.90 Å². The third kappa shape index (κ3) is 2.73. The highest BCUT2D eigenvalue weighted by atomic mass is 16.4. The van der Waals surface area contributed by atoms with Gasteiger partial charge >= 0.3 is 5.97 Å². The van der Waals surface area contributed by atoms with Gasteiger partial charge in [-0.1, -0.05) is 6.42 Å². The lowest BCUT2D eigenvalue weighted by Gasteiger charge is -2.28. The molecule has 0 saturated heterocycles. The van der Waals surface area contributed by atoms with E-state index in [0.29, 0.717) is 17.5 Å². The number of carboxylic acid groups (broad SMARTS) is 1. The minimum absolute atomic E-state index is 0.0445. The van der Waals surface area contributed by atoms with Crippen molar-refractivity contribution in [2.75, 3.05) is 11.4 Å². The number of carboxylic acids is 1. The van der Waals surface area contributed by atoms with E-state index in [9.17, 15) is 14.7 Å². The standard InChI is InChI=1S/C16H19NO4/c18-13-5-3-12(4-6-13)17(9-15(19)20)16(21)14-8-10-1-2-11(14)7-10/h3-6,10-11,14,18H,1-2,7-9H2,(H,19,20). The number of anilines is 1. The number of carbonyl (C=O) groups is 2. The van der Waals surface area contributed by atoms with E-state index in [-0.39, 0.29) is 24.1 Å². The first-order chi connectivity index (χ1) is 10.0. The lowest BCUT2D eigenvalue weighted by Crippen LogP contribution is -2.41. The molecule has 3 rings (SSSR count). The largest absolute Gasteiger partial charge is 0.508 e. The maximum absolute atomic E-state index is 12.8. The van der Waals surface area contributed by atoms with E-state index in [2.05, 4.69) is 0 Å². The van der Waals surface area contributed by atoms with Gasteiger partial charge in [-0.25, -0.2) is 0 Å². The summed E-state index contributed by atoms with van der Waals surface area (Å²) < 4.78 is 0. The van der Waals surface area contributed by atoms with Crippen LogP contribution in [0.1, 0.15) is 25.7 Å². The van der Waals surface area contributed by atoms with E-state index in [1.807, 2.05) is 0 Å². The van der Waals surface area contributed by atoms with E-state index in [1.54, 1.807) is 12.1 Å². The van der Waals surface area contributed by atoms with Crippen LogP contribution in [0.25, 0.3) is 0 Å². The van der Waals surface area contributed by atoms with Gasteiger partial charge in [-0.3, -0.25) is 9.59 Å². The van der Waals surface area contributed by atoms with E-state index in [0.717, 1.165) is 19.3 Å². The Morgan fingerprint density at radius 1 is 1.14 bits per heavy atom. The Bertz CT molecular complexity index is 554. The normalized spacial score (nSPS) is 26.8. The number of benzene rings is 1. The predicted molar refractivity (Wildman–Crippen MR) is 77.0 cm³/mol. The fraction of sp³-hybridized carbons (Fsp3) is 0.500. The van der Waals surface area contributed by atoms with Crippen molar-refractivity contribution in [3.05, 3.63) is 24.3 Å². The molecular formula is C16H19NO4. The molecular weight excluding hydrogens is 270 g/mol. The fourth-order valence-electron chi connectivity index (χ4n) is 3.81. The summed E-state index contributed by atoms with van der Waals surface area (Å²) in [5, 5.41) is 18.4. The zero-order chi connectivity index (χ0) is 15.0. The summed E-state index contributed by atoms with van der Waals surface area (Å²) in [5.74, 6) is -0.0143. The Kier molecular flexibility index (Phi) is 3.57. The lowest BCUT2D eigenvalue weighted by molar-refractivity contribution is -0.137. The second kappa shape index (κ2) is 5.39. The second-order valence-corrected chi connectivity index (χ2v) is 6.12. The molecule has 3 unspecified atom stereocenters. The summed E-state index contributed by atoms with van der Waals surface area (Å²) in [6.07, 6.45) is 4.27. The number of carbonyl (C=O) groups excluding carboxylic acids is 1. The van der Waals surface area contributed by atoms with Gasteiger partial charge in [0.25, 0.3) is 0 Å². The Balaban J connectivity index is 1.83. The average molecular weight is 289 g/mol. The van der Waals surface area contributed by atoms with Crippen LogP contribution in [0.15, 0.2) is 24.3 Å². The van der Waals surface area contributed by atoms with Gasteiger partial charge in [0.05, 0.1) is 0 Å². The minimum atomic E-state index is -1.03. The van der Waals surface area contributed by atoms with Crippen molar-refractivity contribution >= 4 is 17.6 Å². The fourth-order valence-corrected chi connectivity index (χ4v) is 3.81. The number of aromatic hydroxyl groups is 1. The number of fused-ring (bicyclic) bond motifs is 2. The zero-order valence-corrected chi connectivity index (χ0v) is 11.7. The van der Waals surface area contributed by atoms with Gasteiger partial charge in [-0.15, -0.1) is 0 Å². The summed E-state index contributed by atoms with van der Waals surface area (Å²) >= 11 is 0. The van der Waals surface area contributed by atoms with Crippen molar-refractivity contribution < 1.29 is 19.8 Å². The van der Waals surface area contributed by atoms with Gasteiger partial charge < -0.3 is 15.1 Å². The van der Waals surface area contributed by atoms with Crippen molar-refractivity contribution in [2.45, 2.75) is 25.7 Å². The van der Waals surface area contributed by atoms with Gasteiger partial charge in [-0.2, -0.15) is 0 Å². The molecule has 2 aliphatic carbocycles. The maximum atomic E-state index is 12.8. The molecule has 1 aromatic rings. The molecule has 0 aromatic heterocycles. The maximum Gasteiger partial charge on any atom is 0.323 e. The monoisotopic (exact) mass is 289 g/mol. The van der Waals surface area contributed by atoms with E-state index < -0.39 is 5.97 Å². The number of phenolic OH excluding ortho intramolecular Hbond substituents is 1. The molecule has 0 heterocycles. The molecule has 112 valence electrons. The number of hydrogen-bond donors (Lipinski definition) is 2. The van der Waals surface area contributed by atoms with Crippen LogP contribution in [0.2, 0.25) is 0 Å². The zero-order valence-electron chi connectivity index (χ0n) is 11.7. The first-order valence-corrected chi connectivity index (χ1v) is 7.37. The molecule has 2 bridgehead atoms. The highest BCUT2D eigenvalue weighted by Gasteiger charge is 2.44. The van der Waals surface area contributed by atoms with Crippen molar-refractivity contribution in [3.63, 3.8) is 0 Å². The van der Waals surface area contributed by atoms with Crippen molar-refractivity contribution in [1.82, 2.24) is 0 Å². The molecule has 2 N–H and O–H groups in total. The Morgan fingerprint density at radius 3 is 2.38 bits per heavy atom. The van der Waals surface area contributed by atoms with Crippen LogP contribution >= 0.6 is 0 Å². The Labute approximate surface area is 123 Å². The molecule has 2 fully saturated rings. The topological polar surface area (TPSA) is 77.8 Å². The molecule has 3 atom stereocenters. The molecule has 1 aromatic carbocycles. The molecule has 21 heavy (non-hydrogen) atoms. The van der Waals surface area contributed by atoms with E-state index >= 15 is 0 Å². The van der Waals surface area contributed by atoms with E-state index in [1.165, 1.54) is 23.5 Å². The minimum Gasteiger partial charge on any atom is -0.508 e. The van der Waals surface area contributed by atoms with Crippen molar-refractivity contribution in [1.29, 1.82) is 0 Å². The third-order valence-electron chi connectivity index (χ3n) is 4.78. The van der Waals surface area contributed by atoms with Crippen molar-refractivity contribution in [2.24, 2.45) is 17.8 Å². The lowest BCUT2D eigenvalue weighted by atomic mass is 9.87. The molecule has 0 radical (unpaired) electrons. The number of phenols is 1. The summed E-state index contributed by atoms with van der Waals surface area (Å²) in [7, 11) is 0. The molecule has 0 spiro atoms. The summed E-state index contributed by atoms with van der Waals surface area (Å²) in [6, 6.07) is 6.11. The summed E-state index contributed by atoms with van der Waals surface area (Å²) in [5.41, 5.74) is 0.531. The third-order valence-corrected chi connectivity index (χ3v) is 4.78.